The van der Waals surface area contributed by atoms with Crippen LogP contribution in [0, 0.1) is 17.6 Å². The molecule has 0 amide bonds. The Balaban J connectivity index is 2.87. The Kier molecular flexibility index (Phi) is 3.91. The zero-order valence-corrected chi connectivity index (χ0v) is 8.47. The molecule has 1 atom stereocenters. The van der Waals surface area contributed by atoms with E-state index in [0.717, 1.165) is 6.07 Å². The quantitative estimate of drug-likeness (QED) is 0.778. The first kappa shape index (κ1) is 11.8. The van der Waals surface area contributed by atoms with Gasteiger partial charge in [0, 0.05) is 6.42 Å². The number of rotatable bonds is 4. The Labute approximate surface area is 87.1 Å². The first-order valence-corrected chi connectivity index (χ1v) is 4.73. The molecule has 0 heterocycles. The molecule has 0 fully saturated rings. The second-order valence-electron chi connectivity index (χ2n) is 3.57. The third kappa shape index (κ3) is 2.83. The van der Waals surface area contributed by atoms with Crippen LogP contribution in [0.5, 0.6) is 0 Å². The smallest absolute Gasteiger partial charge is 0.169 e. The first-order chi connectivity index (χ1) is 7.06. The Morgan fingerprint density at radius 1 is 1.47 bits per heavy atom. The minimum absolute atomic E-state index is 0.0276. The molecular weight excluding hydrogens is 200 g/mol. The Morgan fingerprint density at radius 2 is 2.13 bits per heavy atom. The predicted octanol–water partition coefficient (Wildman–Crippen LogP) is 2.13. The molecule has 0 aliphatic heterocycles. The van der Waals surface area contributed by atoms with Gasteiger partial charge < -0.3 is 5.73 Å². The molecule has 0 spiro atoms. The predicted molar refractivity (Wildman–Crippen MR) is 53.5 cm³/mol. The van der Waals surface area contributed by atoms with Crippen LogP contribution in [0.25, 0.3) is 0 Å². The van der Waals surface area contributed by atoms with E-state index in [1.165, 1.54) is 12.1 Å². The lowest BCUT2D eigenvalue weighted by Gasteiger charge is -2.07. The second-order valence-corrected chi connectivity index (χ2v) is 3.57. The number of halogens is 2. The van der Waals surface area contributed by atoms with Gasteiger partial charge in [-0.1, -0.05) is 13.0 Å². The lowest BCUT2D eigenvalue weighted by molar-refractivity contribution is 0.0961. The Hall–Kier alpha value is -1.29. The van der Waals surface area contributed by atoms with Gasteiger partial charge in [-0.3, -0.25) is 4.79 Å². The second kappa shape index (κ2) is 4.98. The van der Waals surface area contributed by atoms with Crippen LogP contribution in [0.1, 0.15) is 23.7 Å². The number of carbonyl (C=O) groups is 1. The molecule has 0 saturated heterocycles. The fourth-order valence-corrected chi connectivity index (χ4v) is 1.23. The van der Waals surface area contributed by atoms with Gasteiger partial charge in [-0.05, 0) is 24.6 Å². The van der Waals surface area contributed by atoms with Gasteiger partial charge in [-0.15, -0.1) is 0 Å². The molecule has 1 rings (SSSR count). The number of hydrogen-bond acceptors (Lipinski definition) is 2. The SMILES string of the molecule is CC(CN)CC(=O)c1cccc(F)c1F. The third-order valence-electron chi connectivity index (χ3n) is 2.19. The normalized spacial score (nSPS) is 12.5. The molecule has 15 heavy (non-hydrogen) atoms. The summed E-state index contributed by atoms with van der Waals surface area (Å²) in [5.41, 5.74) is 5.15. The van der Waals surface area contributed by atoms with Crippen LogP contribution >= 0.6 is 0 Å². The van der Waals surface area contributed by atoms with Crippen LogP contribution in [-0.2, 0) is 0 Å². The summed E-state index contributed by atoms with van der Waals surface area (Å²) >= 11 is 0. The van der Waals surface area contributed by atoms with Crippen LogP contribution in [0.4, 0.5) is 8.78 Å². The molecule has 82 valence electrons. The minimum atomic E-state index is -1.08. The van der Waals surface area contributed by atoms with Crippen molar-refractivity contribution in [2.24, 2.45) is 11.7 Å². The molecule has 0 saturated carbocycles. The third-order valence-corrected chi connectivity index (χ3v) is 2.19. The van der Waals surface area contributed by atoms with Crippen molar-refractivity contribution in [3.05, 3.63) is 35.4 Å². The lowest BCUT2D eigenvalue weighted by atomic mass is 9.99. The highest BCUT2D eigenvalue weighted by molar-refractivity contribution is 5.96. The van der Waals surface area contributed by atoms with E-state index in [0.29, 0.717) is 6.54 Å². The van der Waals surface area contributed by atoms with Gasteiger partial charge in [-0.2, -0.15) is 0 Å². The molecule has 0 bridgehead atoms. The highest BCUT2D eigenvalue weighted by Gasteiger charge is 2.16. The van der Waals surface area contributed by atoms with E-state index in [4.69, 9.17) is 5.73 Å². The van der Waals surface area contributed by atoms with Gasteiger partial charge in [-0.25, -0.2) is 8.78 Å². The van der Waals surface area contributed by atoms with Crippen molar-refractivity contribution in [2.45, 2.75) is 13.3 Å². The number of carbonyl (C=O) groups excluding carboxylic acids is 1. The van der Waals surface area contributed by atoms with Crippen molar-refractivity contribution in [1.29, 1.82) is 0 Å². The summed E-state index contributed by atoms with van der Waals surface area (Å²) in [5, 5.41) is 0. The largest absolute Gasteiger partial charge is 0.330 e. The highest BCUT2D eigenvalue weighted by Crippen LogP contribution is 2.15. The van der Waals surface area contributed by atoms with Gasteiger partial charge in [0.05, 0.1) is 5.56 Å². The fraction of sp³-hybridized carbons (Fsp3) is 0.364. The van der Waals surface area contributed by atoms with Crippen molar-refractivity contribution >= 4 is 5.78 Å². The van der Waals surface area contributed by atoms with Gasteiger partial charge in [0.2, 0.25) is 0 Å². The number of nitrogens with two attached hydrogens (primary N) is 1. The van der Waals surface area contributed by atoms with E-state index >= 15 is 0 Å². The van der Waals surface area contributed by atoms with Crippen molar-refractivity contribution in [1.82, 2.24) is 0 Å². The van der Waals surface area contributed by atoms with Crippen LogP contribution in [0.15, 0.2) is 18.2 Å². The van der Waals surface area contributed by atoms with E-state index in [-0.39, 0.29) is 17.9 Å². The Morgan fingerprint density at radius 3 is 2.73 bits per heavy atom. The van der Waals surface area contributed by atoms with E-state index in [1.54, 1.807) is 6.92 Å². The summed E-state index contributed by atoms with van der Waals surface area (Å²) in [5.74, 6) is -2.52. The molecule has 1 aromatic rings. The van der Waals surface area contributed by atoms with Gasteiger partial charge in [0.25, 0.3) is 0 Å². The van der Waals surface area contributed by atoms with Gasteiger partial charge in [0.15, 0.2) is 17.4 Å². The van der Waals surface area contributed by atoms with Crippen molar-refractivity contribution in [3.63, 3.8) is 0 Å². The standard InChI is InChI=1S/C11H13F2NO/c1-7(6-14)5-10(15)8-3-2-4-9(12)11(8)13/h2-4,7H,5-6,14H2,1H3. The monoisotopic (exact) mass is 213 g/mol. The summed E-state index contributed by atoms with van der Waals surface area (Å²) in [4.78, 5) is 11.5. The highest BCUT2D eigenvalue weighted by atomic mass is 19.2. The average molecular weight is 213 g/mol. The number of hydrogen-bond donors (Lipinski definition) is 1. The molecule has 1 unspecified atom stereocenters. The van der Waals surface area contributed by atoms with Crippen LogP contribution in [0.2, 0.25) is 0 Å². The van der Waals surface area contributed by atoms with Gasteiger partial charge in [0.1, 0.15) is 0 Å². The maximum Gasteiger partial charge on any atom is 0.169 e. The van der Waals surface area contributed by atoms with E-state index in [2.05, 4.69) is 0 Å². The number of ketones is 1. The maximum atomic E-state index is 13.2. The molecule has 2 nitrogen and oxygen atoms in total. The molecule has 0 radical (unpaired) electrons. The minimum Gasteiger partial charge on any atom is -0.330 e. The first-order valence-electron chi connectivity index (χ1n) is 4.73. The molecule has 0 aliphatic carbocycles. The summed E-state index contributed by atoms with van der Waals surface area (Å²) < 4.78 is 26.0. The van der Waals surface area contributed by atoms with Crippen LogP contribution in [-0.4, -0.2) is 12.3 Å². The lowest BCUT2D eigenvalue weighted by Crippen LogP contribution is -2.16. The molecular formula is C11H13F2NO. The zero-order chi connectivity index (χ0) is 11.4. The molecule has 4 heteroatoms. The Bertz CT molecular complexity index is 366. The van der Waals surface area contributed by atoms with E-state index in [9.17, 15) is 13.6 Å². The van der Waals surface area contributed by atoms with Gasteiger partial charge >= 0.3 is 0 Å². The molecule has 0 aliphatic rings. The van der Waals surface area contributed by atoms with Crippen molar-refractivity contribution in [2.75, 3.05) is 6.54 Å². The summed E-state index contributed by atoms with van der Waals surface area (Å²) in [6.07, 6.45) is 0.136. The summed E-state index contributed by atoms with van der Waals surface area (Å²) in [7, 11) is 0. The molecule has 2 N–H and O–H groups in total. The molecule has 0 aromatic heterocycles. The van der Waals surface area contributed by atoms with E-state index in [1.807, 2.05) is 0 Å². The van der Waals surface area contributed by atoms with Crippen molar-refractivity contribution < 1.29 is 13.6 Å². The summed E-state index contributed by atoms with van der Waals surface area (Å²) in [6.45, 7) is 2.14. The fourth-order valence-electron chi connectivity index (χ4n) is 1.23. The maximum absolute atomic E-state index is 13.2. The van der Waals surface area contributed by atoms with Crippen molar-refractivity contribution in [3.8, 4) is 0 Å². The number of Topliss-reactive ketones (excluding diaryl/α,β-unsaturated/α-hetero) is 1. The zero-order valence-electron chi connectivity index (χ0n) is 8.47. The molecule has 1 aromatic carbocycles. The average Bonchev–Trinajstić information content (AvgIpc) is 2.21. The topological polar surface area (TPSA) is 43.1 Å². The van der Waals surface area contributed by atoms with E-state index < -0.39 is 17.4 Å². The summed E-state index contributed by atoms with van der Waals surface area (Å²) in [6, 6.07) is 3.58. The number of benzene rings is 1. The van der Waals surface area contributed by atoms with Crippen LogP contribution < -0.4 is 5.73 Å². The van der Waals surface area contributed by atoms with Crippen LogP contribution in [0.3, 0.4) is 0 Å².